The zero-order valence-electron chi connectivity index (χ0n) is 11.7. The molecule has 102 valence electrons. The van der Waals surface area contributed by atoms with E-state index in [2.05, 4.69) is 29.1 Å². The first kappa shape index (κ1) is 14.7. The summed E-state index contributed by atoms with van der Waals surface area (Å²) in [5.74, 6) is 2.79. The molecule has 0 saturated carbocycles. The van der Waals surface area contributed by atoms with E-state index in [9.17, 15) is 0 Å². The van der Waals surface area contributed by atoms with Crippen molar-refractivity contribution in [2.75, 3.05) is 32.2 Å². The van der Waals surface area contributed by atoms with Gasteiger partial charge in [0.25, 0.3) is 0 Å². The Morgan fingerprint density at radius 1 is 1.28 bits per heavy atom. The van der Waals surface area contributed by atoms with Crippen LogP contribution in [-0.4, -0.2) is 36.8 Å². The summed E-state index contributed by atoms with van der Waals surface area (Å²) < 4.78 is 10.4. The van der Waals surface area contributed by atoms with Gasteiger partial charge in [-0.05, 0) is 19.3 Å². The van der Waals surface area contributed by atoms with Crippen molar-refractivity contribution in [1.82, 2.24) is 9.97 Å². The van der Waals surface area contributed by atoms with E-state index < -0.39 is 0 Å². The molecule has 0 bridgehead atoms. The quantitative estimate of drug-likeness (QED) is 0.720. The predicted octanol–water partition coefficient (Wildman–Crippen LogP) is 2.27. The number of hydrogen-bond donors (Lipinski definition) is 1. The van der Waals surface area contributed by atoms with Gasteiger partial charge in [0.1, 0.15) is 18.2 Å². The second kappa shape index (κ2) is 7.87. The summed E-state index contributed by atoms with van der Waals surface area (Å²) in [5, 5.41) is 3.29. The van der Waals surface area contributed by atoms with E-state index in [-0.39, 0.29) is 0 Å². The molecule has 0 aliphatic heterocycles. The summed E-state index contributed by atoms with van der Waals surface area (Å²) >= 11 is 0. The van der Waals surface area contributed by atoms with E-state index in [0.29, 0.717) is 30.8 Å². The fourth-order valence-corrected chi connectivity index (χ4v) is 1.42. The van der Waals surface area contributed by atoms with Crippen molar-refractivity contribution in [2.24, 2.45) is 5.92 Å². The van der Waals surface area contributed by atoms with E-state index in [1.807, 2.05) is 13.0 Å². The third-order valence-corrected chi connectivity index (χ3v) is 2.38. The van der Waals surface area contributed by atoms with Gasteiger partial charge in [-0.3, -0.25) is 0 Å². The SMILES string of the molecule is COCCOc1cc(NCCC(C)C)nc(C)n1. The number of nitrogens with zero attached hydrogens (tertiary/aromatic N) is 2. The van der Waals surface area contributed by atoms with Gasteiger partial charge in [0.15, 0.2) is 0 Å². The van der Waals surface area contributed by atoms with Crippen molar-refractivity contribution in [3.63, 3.8) is 0 Å². The highest BCUT2D eigenvalue weighted by Gasteiger charge is 2.03. The minimum Gasteiger partial charge on any atom is -0.475 e. The monoisotopic (exact) mass is 253 g/mol. The Morgan fingerprint density at radius 3 is 2.72 bits per heavy atom. The Hall–Kier alpha value is -1.36. The molecule has 5 nitrogen and oxygen atoms in total. The average Bonchev–Trinajstić information content (AvgIpc) is 2.28. The molecule has 0 radical (unpaired) electrons. The summed E-state index contributed by atoms with van der Waals surface area (Å²) in [6, 6.07) is 1.82. The van der Waals surface area contributed by atoms with Crippen LogP contribution in [0.3, 0.4) is 0 Å². The molecule has 1 N–H and O–H groups in total. The lowest BCUT2D eigenvalue weighted by molar-refractivity contribution is 0.143. The van der Waals surface area contributed by atoms with Crippen LogP contribution in [0.5, 0.6) is 5.88 Å². The van der Waals surface area contributed by atoms with Crippen molar-refractivity contribution in [1.29, 1.82) is 0 Å². The lowest BCUT2D eigenvalue weighted by atomic mass is 10.1. The largest absolute Gasteiger partial charge is 0.475 e. The molecule has 0 spiro atoms. The Bertz CT molecular complexity index is 356. The van der Waals surface area contributed by atoms with Crippen molar-refractivity contribution in [3.8, 4) is 5.88 Å². The molecule has 1 rings (SSSR count). The zero-order chi connectivity index (χ0) is 13.4. The lowest BCUT2D eigenvalue weighted by Gasteiger charge is -2.10. The van der Waals surface area contributed by atoms with Crippen LogP contribution in [0.25, 0.3) is 0 Å². The summed E-state index contributed by atoms with van der Waals surface area (Å²) in [6.45, 7) is 8.22. The van der Waals surface area contributed by atoms with Gasteiger partial charge in [0.05, 0.1) is 6.61 Å². The van der Waals surface area contributed by atoms with E-state index in [1.54, 1.807) is 7.11 Å². The molecule has 0 saturated heterocycles. The van der Waals surface area contributed by atoms with Crippen LogP contribution in [0, 0.1) is 12.8 Å². The number of rotatable bonds is 8. The van der Waals surface area contributed by atoms with Crippen LogP contribution >= 0.6 is 0 Å². The van der Waals surface area contributed by atoms with Gasteiger partial charge in [-0.15, -0.1) is 0 Å². The predicted molar refractivity (Wildman–Crippen MR) is 72.1 cm³/mol. The van der Waals surface area contributed by atoms with Gasteiger partial charge in [-0.25, -0.2) is 4.98 Å². The third-order valence-electron chi connectivity index (χ3n) is 2.38. The molecule has 0 amide bonds. The second-order valence-corrected chi connectivity index (χ2v) is 4.59. The van der Waals surface area contributed by atoms with Crippen molar-refractivity contribution in [2.45, 2.75) is 27.2 Å². The first-order valence-corrected chi connectivity index (χ1v) is 6.33. The average molecular weight is 253 g/mol. The van der Waals surface area contributed by atoms with Crippen LogP contribution in [0.4, 0.5) is 5.82 Å². The highest BCUT2D eigenvalue weighted by atomic mass is 16.5. The highest BCUT2D eigenvalue weighted by Crippen LogP contribution is 2.13. The summed E-state index contributed by atoms with van der Waals surface area (Å²) in [7, 11) is 1.65. The standard InChI is InChI=1S/C13H23N3O2/c1-10(2)5-6-14-12-9-13(16-11(3)15-12)18-8-7-17-4/h9-10H,5-8H2,1-4H3,(H,14,15,16). The molecule has 0 aliphatic rings. The first-order chi connectivity index (χ1) is 8.61. The van der Waals surface area contributed by atoms with Gasteiger partial charge >= 0.3 is 0 Å². The molecule has 5 heteroatoms. The molecule has 1 aromatic heterocycles. The van der Waals surface area contributed by atoms with Gasteiger partial charge in [-0.1, -0.05) is 13.8 Å². The second-order valence-electron chi connectivity index (χ2n) is 4.59. The fraction of sp³-hybridized carbons (Fsp3) is 0.692. The van der Waals surface area contributed by atoms with Gasteiger partial charge in [0.2, 0.25) is 5.88 Å². The van der Waals surface area contributed by atoms with E-state index in [4.69, 9.17) is 9.47 Å². The van der Waals surface area contributed by atoms with Crippen molar-refractivity contribution < 1.29 is 9.47 Å². The Kier molecular flexibility index (Phi) is 6.43. The maximum absolute atomic E-state index is 5.48. The third kappa shape index (κ3) is 5.82. The van der Waals surface area contributed by atoms with E-state index in [1.165, 1.54) is 0 Å². The van der Waals surface area contributed by atoms with E-state index >= 15 is 0 Å². The topological polar surface area (TPSA) is 56.3 Å². The Balaban J connectivity index is 2.51. The maximum atomic E-state index is 5.48. The molecule has 0 aromatic carbocycles. The highest BCUT2D eigenvalue weighted by molar-refractivity contribution is 5.38. The molecular weight excluding hydrogens is 230 g/mol. The maximum Gasteiger partial charge on any atom is 0.218 e. The molecular formula is C13H23N3O2. The molecule has 0 atom stereocenters. The summed E-state index contributed by atoms with van der Waals surface area (Å²) in [4.78, 5) is 8.55. The number of aryl methyl sites for hydroxylation is 1. The van der Waals surface area contributed by atoms with Crippen LogP contribution in [0.2, 0.25) is 0 Å². The summed E-state index contributed by atoms with van der Waals surface area (Å²) in [6.07, 6.45) is 1.11. The zero-order valence-corrected chi connectivity index (χ0v) is 11.7. The molecule has 1 aromatic rings. The minimum absolute atomic E-state index is 0.498. The number of hydrogen-bond acceptors (Lipinski definition) is 5. The van der Waals surface area contributed by atoms with Gasteiger partial charge < -0.3 is 14.8 Å². The van der Waals surface area contributed by atoms with Gasteiger partial charge in [-0.2, -0.15) is 4.98 Å². The number of ether oxygens (including phenoxy) is 2. The number of methoxy groups -OCH3 is 1. The summed E-state index contributed by atoms with van der Waals surface area (Å²) in [5.41, 5.74) is 0. The van der Waals surface area contributed by atoms with Crippen LogP contribution in [0.1, 0.15) is 26.1 Å². The molecule has 0 aliphatic carbocycles. The number of aromatic nitrogens is 2. The Labute approximate surface area is 109 Å². The fourth-order valence-electron chi connectivity index (χ4n) is 1.42. The van der Waals surface area contributed by atoms with Crippen LogP contribution in [0.15, 0.2) is 6.07 Å². The number of nitrogens with one attached hydrogen (secondary N) is 1. The minimum atomic E-state index is 0.498. The Morgan fingerprint density at radius 2 is 2.06 bits per heavy atom. The number of anilines is 1. The first-order valence-electron chi connectivity index (χ1n) is 6.33. The normalized spacial score (nSPS) is 10.7. The van der Waals surface area contributed by atoms with Crippen LogP contribution < -0.4 is 10.1 Å². The lowest BCUT2D eigenvalue weighted by Crippen LogP contribution is -2.09. The van der Waals surface area contributed by atoms with Crippen LogP contribution in [-0.2, 0) is 4.74 Å². The molecule has 1 heterocycles. The molecule has 18 heavy (non-hydrogen) atoms. The van der Waals surface area contributed by atoms with Gasteiger partial charge in [0, 0.05) is 19.7 Å². The van der Waals surface area contributed by atoms with Crippen molar-refractivity contribution >= 4 is 5.82 Å². The molecule has 0 fully saturated rings. The van der Waals surface area contributed by atoms with Crippen molar-refractivity contribution in [3.05, 3.63) is 11.9 Å². The molecule has 0 unspecified atom stereocenters. The smallest absolute Gasteiger partial charge is 0.218 e. The van der Waals surface area contributed by atoms with E-state index in [0.717, 1.165) is 18.8 Å².